The van der Waals surface area contributed by atoms with Gasteiger partial charge in [0.1, 0.15) is 34.1 Å². The van der Waals surface area contributed by atoms with Crippen LogP contribution in [0, 0.1) is 20.8 Å². The Labute approximate surface area is 173 Å². The molecule has 0 aromatic heterocycles. The van der Waals surface area contributed by atoms with E-state index in [1.54, 1.807) is 6.92 Å². The predicted octanol–water partition coefficient (Wildman–Crippen LogP) is 1.60. The predicted molar refractivity (Wildman–Crippen MR) is 107 cm³/mol. The van der Waals surface area contributed by atoms with Crippen molar-refractivity contribution in [2.75, 3.05) is 13.7 Å². The van der Waals surface area contributed by atoms with Gasteiger partial charge in [0.05, 0.1) is 13.7 Å². The largest absolute Gasteiger partial charge is 0.508 e. The number of rotatable bonds is 6. The maximum Gasteiger partial charge on any atom is 0.347 e. The first kappa shape index (κ1) is 23.0. The van der Waals surface area contributed by atoms with Crippen LogP contribution in [0.1, 0.15) is 43.0 Å². The van der Waals surface area contributed by atoms with E-state index in [1.807, 2.05) is 0 Å². The topological polar surface area (TPSA) is 160 Å². The van der Waals surface area contributed by atoms with Crippen LogP contribution in [0.3, 0.4) is 0 Å². The number of hydrogen-bond donors (Lipinski definition) is 5. The minimum Gasteiger partial charge on any atom is -0.508 e. The molecule has 0 radical (unpaired) electrons. The van der Waals surface area contributed by atoms with Crippen molar-refractivity contribution in [3.8, 4) is 23.0 Å². The average molecular weight is 419 g/mol. The molecule has 9 heteroatoms. The van der Waals surface area contributed by atoms with Crippen LogP contribution >= 0.6 is 0 Å². The lowest BCUT2D eigenvalue weighted by Crippen LogP contribution is -2.27. The van der Waals surface area contributed by atoms with Gasteiger partial charge in [-0.2, -0.15) is 0 Å². The number of aliphatic hydroxyl groups excluding tert-OH is 1. The van der Waals surface area contributed by atoms with E-state index in [1.165, 1.54) is 33.1 Å². The van der Waals surface area contributed by atoms with Crippen molar-refractivity contribution in [2.24, 2.45) is 5.73 Å². The minimum absolute atomic E-state index is 0.00545. The number of phenols is 3. The van der Waals surface area contributed by atoms with Gasteiger partial charge >= 0.3 is 11.9 Å². The number of aliphatic hydroxyl groups is 1. The molecular formula is C21H25NO8. The third-order valence-electron chi connectivity index (χ3n) is 4.78. The third-order valence-corrected chi connectivity index (χ3v) is 4.78. The summed E-state index contributed by atoms with van der Waals surface area (Å²) < 4.78 is 10.0. The van der Waals surface area contributed by atoms with Gasteiger partial charge in [-0.25, -0.2) is 9.59 Å². The summed E-state index contributed by atoms with van der Waals surface area (Å²) in [7, 11) is 1.18. The van der Waals surface area contributed by atoms with Crippen LogP contribution in [0.15, 0.2) is 12.1 Å². The number of methoxy groups -OCH3 is 1. The van der Waals surface area contributed by atoms with Crippen molar-refractivity contribution in [3.05, 3.63) is 45.5 Å². The second-order valence-electron chi connectivity index (χ2n) is 6.98. The fourth-order valence-electron chi connectivity index (χ4n) is 3.09. The van der Waals surface area contributed by atoms with Crippen LogP contribution < -0.4 is 10.5 Å². The maximum atomic E-state index is 12.8. The monoisotopic (exact) mass is 419 g/mol. The Morgan fingerprint density at radius 2 is 1.57 bits per heavy atom. The van der Waals surface area contributed by atoms with Gasteiger partial charge in [0.2, 0.25) is 0 Å². The molecule has 0 fully saturated rings. The van der Waals surface area contributed by atoms with Crippen molar-refractivity contribution in [1.29, 1.82) is 0 Å². The van der Waals surface area contributed by atoms with Gasteiger partial charge in [-0.1, -0.05) is 0 Å². The summed E-state index contributed by atoms with van der Waals surface area (Å²) in [5, 5.41) is 40.2. The van der Waals surface area contributed by atoms with Crippen molar-refractivity contribution >= 4 is 11.9 Å². The first-order chi connectivity index (χ1) is 14.0. The normalized spacial score (nSPS) is 11.8. The zero-order valence-corrected chi connectivity index (χ0v) is 17.1. The summed E-state index contributed by atoms with van der Waals surface area (Å²) in [5.41, 5.74) is 6.16. The van der Waals surface area contributed by atoms with Crippen molar-refractivity contribution in [2.45, 2.75) is 33.2 Å². The van der Waals surface area contributed by atoms with E-state index in [0.717, 1.165) is 0 Å². The first-order valence-corrected chi connectivity index (χ1v) is 9.07. The second kappa shape index (κ2) is 9.02. The number of phenolic OH excluding ortho intramolecular Hbond substituents is 3. The molecule has 0 saturated carbocycles. The molecule has 162 valence electrons. The van der Waals surface area contributed by atoms with E-state index < -0.39 is 23.7 Å². The van der Waals surface area contributed by atoms with Crippen molar-refractivity contribution in [3.63, 3.8) is 0 Å². The zero-order valence-electron chi connectivity index (χ0n) is 17.1. The van der Waals surface area contributed by atoms with Crippen LogP contribution in [0.25, 0.3) is 0 Å². The van der Waals surface area contributed by atoms with Gasteiger partial charge in [0, 0.05) is 17.2 Å². The molecule has 2 rings (SSSR count). The molecule has 0 saturated heterocycles. The van der Waals surface area contributed by atoms with E-state index in [-0.39, 0.29) is 58.1 Å². The summed E-state index contributed by atoms with van der Waals surface area (Å²) in [6, 6.07) is 1.93. The Balaban J connectivity index is 2.48. The molecule has 1 atom stereocenters. The number of carbonyl (C=O) groups excluding carboxylic acids is 2. The lowest BCUT2D eigenvalue weighted by Gasteiger charge is -2.17. The van der Waals surface area contributed by atoms with E-state index in [0.29, 0.717) is 5.56 Å². The molecule has 0 bridgehead atoms. The Hall–Kier alpha value is -3.30. The number of aryl methyl sites for hydroxylation is 2. The Kier molecular flexibility index (Phi) is 6.91. The van der Waals surface area contributed by atoms with Gasteiger partial charge in [-0.05, 0) is 50.5 Å². The molecule has 1 unspecified atom stereocenters. The molecule has 30 heavy (non-hydrogen) atoms. The summed E-state index contributed by atoms with van der Waals surface area (Å²) in [4.78, 5) is 24.7. The summed E-state index contributed by atoms with van der Waals surface area (Å²) >= 11 is 0. The van der Waals surface area contributed by atoms with Crippen molar-refractivity contribution in [1.82, 2.24) is 0 Å². The molecule has 6 N–H and O–H groups in total. The zero-order chi connectivity index (χ0) is 22.7. The molecule has 0 aliphatic carbocycles. The van der Waals surface area contributed by atoms with E-state index in [2.05, 4.69) is 4.74 Å². The highest BCUT2D eigenvalue weighted by Gasteiger charge is 2.26. The Bertz CT molecular complexity index is 999. The number of aromatic hydroxyl groups is 3. The molecule has 0 aliphatic rings. The molecule has 9 nitrogen and oxygen atoms in total. The molecule has 0 heterocycles. The summed E-state index contributed by atoms with van der Waals surface area (Å²) in [6.07, 6.45) is -0.0680. The number of nitrogens with two attached hydrogens (primary N) is 1. The lowest BCUT2D eigenvalue weighted by molar-refractivity contribution is 0.0596. The summed E-state index contributed by atoms with van der Waals surface area (Å²) in [5.74, 6) is -2.84. The minimum atomic E-state index is -0.934. The highest BCUT2D eigenvalue weighted by molar-refractivity contribution is 5.98. The standard InChI is InChI=1S/C21H25NO8/c1-9-5-14(24)13(7-12(22)8-23)19(26)17(9)21(28)30-15-6-10(2)16(20(27)29-4)18(25)11(15)3/h5-6,12,23-26H,7-8,22H2,1-4H3. The maximum absolute atomic E-state index is 12.8. The SMILES string of the molecule is COC(=O)c1c(C)cc(OC(=O)c2c(C)cc(O)c(CC(N)CO)c2O)c(C)c1O. The molecular weight excluding hydrogens is 394 g/mol. The number of ether oxygens (including phenoxy) is 2. The van der Waals surface area contributed by atoms with Gasteiger partial charge in [0.25, 0.3) is 0 Å². The van der Waals surface area contributed by atoms with E-state index in [9.17, 15) is 24.9 Å². The number of esters is 2. The van der Waals surface area contributed by atoms with Crippen LogP contribution in [0.4, 0.5) is 0 Å². The molecule has 0 spiro atoms. The first-order valence-electron chi connectivity index (χ1n) is 9.07. The Morgan fingerprint density at radius 1 is 1.00 bits per heavy atom. The van der Waals surface area contributed by atoms with Gasteiger partial charge < -0.3 is 35.6 Å². The smallest absolute Gasteiger partial charge is 0.347 e. The molecule has 2 aromatic rings. The van der Waals surface area contributed by atoms with Crippen LogP contribution in [0.2, 0.25) is 0 Å². The summed E-state index contributed by atoms with van der Waals surface area (Å²) in [6.45, 7) is 4.12. The fraction of sp³-hybridized carbons (Fsp3) is 0.333. The van der Waals surface area contributed by atoms with Crippen molar-refractivity contribution < 1.29 is 39.5 Å². The molecule has 2 aromatic carbocycles. The third kappa shape index (κ3) is 4.32. The number of carbonyl (C=O) groups is 2. The van der Waals surface area contributed by atoms with Crippen LogP contribution in [-0.4, -0.2) is 52.1 Å². The number of hydrogen-bond acceptors (Lipinski definition) is 9. The molecule has 0 aliphatic heterocycles. The van der Waals surface area contributed by atoms with Crippen LogP contribution in [0.5, 0.6) is 23.0 Å². The quantitative estimate of drug-likeness (QED) is 0.346. The highest BCUT2D eigenvalue weighted by atomic mass is 16.5. The Morgan fingerprint density at radius 3 is 2.13 bits per heavy atom. The van der Waals surface area contributed by atoms with Gasteiger partial charge in [0.15, 0.2) is 0 Å². The average Bonchev–Trinajstić information content (AvgIpc) is 2.68. The molecule has 0 amide bonds. The second-order valence-corrected chi connectivity index (χ2v) is 6.98. The van der Waals surface area contributed by atoms with Gasteiger partial charge in [-0.3, -0.25) is 0 Å². The van der Waals surface area contributed by atoms with Gasteiger partial charge in [-0.15, -0.1) is 0 Å². The fourth-order valence-corrected chi connectivity index (χ4v) is 3.09. The van der Waals surface area contributed by atoms with E-state index in [4.69, 9.17) is 15.6 Å². The highest BCUT2D eigenvalue weighted by Crippen LogP contribution is 2.37. The lowest BCUT2D eigenvalue weighted by atomic mass is 9.97. The number of benzene rings is 2. The van der Waals surface area contributed by atoms with E-state index >= 15 is 0 Å². The van der Waals surface area contributed by atoms with Crippen LogP contribution in [-0.2, 0) is 11.2 Å².